The van der Waals surface area contributed by atoms with Gasteiger partial charge >= 0.3 is 6.03 Å². The molecule has 0 aromatic carbocycles. The van der Waals surface area contributed by atoms with Gasteiger partial charge in [-0.25, -0.2) is 4.79 Å². The number of hydrogen-bond acceptors (Lipinski definition) is 3. The Balaban J connectivity index is 2.04. The first-order chi connectivity index (χ1) is 7.24. The Hall–Kier alpha value is -1.10. The molecule has 2 atom stereocenters. The normalized spacial score (nSPS) is 30.3. The van der Waals surface area contributed by atoms with Gasteiger partial charge in [0.15, 0.2) is 0 Å². The lowest BCUT2D eigenvalue weighted by molar-refractivity contribution is -0.134. The number of fused-ring (bicyclic) bond motifs is 1. The maximum absolute atomic E-state index is 11.9. The molecule has 2 saturated heterocycles. The first kappa shape index (κ1) is 10.4. The minimum Gasteiger partial charge on any atom is -0.378 e. The summed E-state index contributed by atoms with van der Waals surface area (Å²) in [5, 5.41) is 2.81. The molecule has 1 N–H and O–H groups in total. The average molecular weight is 212 g/mol. The summed E-state index contributed by atoms with van der Waals surface area (Å²) < 4.78 is 5.20. The van der Waals surface area contributed by atoms with Crippen LogP contribution in [0.5, 0.6) is 0 Å². The van der Waals surface area contributed by atoms with Crippen LogP contribution in [0.4, 0.5) is 4.79 Å². The smallest absolute Gasteiger partial charge is 0.324 e. The van der Waals surface area contributed by atoms with Crippen molar-refractivity contribution in [1.82, 2.24) is 10.2 Å². The van der Waals surface area contributed by atoms with Crippen molar-refractivity contribution < 1.29 is 14.3 Å². The molecule has 0 spiro atoms. The van der Waals surface area contributed by atoms with Crippen LogP contribution in [-0.4, -0.2) is 42.6 Å². The molecule has 84 valence electrons. The Morgan fingerprint density at radius 1 is 1.47 bits per heavy atom. The molecule has 0 aliphatic carbocycles. The fourth-order valence-corrected chi connectivity index (χ4v) is 2.00. The lowest BCUT2D eigenvalue weighted by Gasteiger charge is -2.32. The van der Waals surface area contributed by atoms with E-state index in [1.165, 1.54) is 4.90 Å². The van der Waals surface area contributed by atoms with Crippen molar-refractivity contribution in [2.24, 2.45) is 5.92 Å². The van der Waals surface area contributed by atoms with Gasteiger partial charge in [-0.1, -0.05) is 13.3 Å². The second-order valence-electron chi connectivity index (χ2n) is 4.04. The third-order valence-corrected chi connectivity index (χ3v) is 2.95. The second kappa shape index (κ2) is 4.18. The van der Waals surface area contributed by atoms with Crippen LogP contribution in [0.2, 0.25) is 0 Å². The van der Waals surface area contributed by atoms with Gasteiger partial charge in [-0.2, -0.15) is 0 Å². The molecule has 2 fully saturated rings. The van der Waals surface area contributed by atoms with Gasteiger partial charge in [0.2, 0.25) is 5.91 Å². The Bertz CT molecular complexity index is 280. The summed E-state index contributed by atoms with van der Waals surface area (Å²) >= 11 is 0. The number of ether oxygens (including phenoxy) is 1. The second-order valence-corrected chi connectivity index (χ2v) is 4.04. The molecule has 2 aliphatic rings. The number of nitrogens with one attached hydrogen (secondary N) is 1. The lowest BCUT2D eigenvalue weighted by Crippen LogP contribution is -2.59. The third kappa shape index (κ3) is 1.84. The van der Waals surface area contributed by atoms with Crippen LogP contribution in [-0.2, 0) is 9.53 Å². The van der Waals surface area contributed by atoms with E-state index in [1.807, 2.05) is 6.92 Å². The van der Waals surface area contributed by atoms with Crippen molar-refractivity contribution >= 4 is 11.9 Å². The molecular weight excluding hydrogens is 196 g/mol. The van der Waals surface area contributed by atoms with Gasteiger partial charge in [0.1, 0.15) is 0 Å². The predicted octanol–water partition coefficient (Wildman–Crippen LogP) is 0.353. The number of rotatable bonds is 3. The SMILES string of the molecule is CCCCN1C(=O)NC2COCC2C1=O. The number of nitrogens with zero attached hydrogens (tertiary/aromatic N) is 1. The van der Waals surface area contributed by atoms with Crippen LogP contribution in [0.15, 0.2) is 0 Å². The molecule has 5 heteroatoms. The Kier molecular flexibility index (Phi) is 2.90. The lowest BCUT2D eigenvalue weighted by atomic mass is 10.00. The highest BCUT2D eigenvalue weighted by Gasteiger charge is 2.43. The third-order valence-electron chi connectivity index (χ3n) is 2.95. The molecule has 0 aromatic heterocycles. The van der Waals surface area contributed by atoms with E-state index in [9.17, 15) is 9.59 Å². The molecule has 0 bridgehead atoms. The summed E-state index contributed by atoms with van der Waals surface area (Å²) in [6, 6.07) is -0.372. The zero-order valence-electron chi connectivity index (χ0n) is 8.86. The summed E-state index contributed by atoms with van der Waals surface area (Å²) in [4.78, 5) is 24.8. The maximum Gasteiger partial charge on any atom is 0.324 e. The highest BCUT2D eigenvalue weighted by molar-refractivity contribution is 5.98. The van der Waals surface area contributed by atoms with Crippen LogP contribution in [0, 0.1) is 5.92 Å². The molecule has 3 amide bonds. The topological polar surface area (TPSA) is 58.6 Å². The van der Waals surface area contributed by atoms with Gasteiger partial charge < -0.3 is 10.1 Å². The monoisotopic (exact) mass is 212 g/mol. The van der Waals surface area contributed by atoms with Crippen molar-refractivity contribution in [3.8, 4) is 0 Å². The van der Waals surface area contributed by atoms with Crippen molar-refractivity contribution in [2.45, 2.75) is 25.8 Å². The average Bonchev–Trinajstić information content (AvgIpc) is 2.65. The van der Waals surface area contributed by atoms with E-state index in [1.54, 1.807) is 0 Å². The van der Waals surface area contributed by atoms with Crippen molar-refractivity contribution in [1.29, 1.82) is 0 Å². The first-order valence-corrected chi connectivity index (χ1v) is 5.43. The number of unbranched alkanes of at least 4 members (excludes halogenated alkanes) is 1. The highest BCUT2D eigenvalue weighted by atomic mass is 16.5. The van der Waals surface area contributed by atoms with E-state index in [-0.39, 0.29) is 23.9 Å². The summed E-state index contributed by atoms with van der Waals surface area (Å²) in [6.07, 6.45) is 1.83. The zero-order chi connectivity index (χ0) is 10.8. The molecule has 0 radical (unpaired) electrons. The van der Waals surface area contributed by atoms with E-state index in [2.05, 4.69) is 5.32 Å². The molecule has 0 saturated carbocycles. The van der Waals surface area contributed by atoms with Crippen molar-refractivity contribution in [3.63, 3.8) is 0 Å². The van der Waals surface area contributed by atoms with Gasteiger partial charge in [0.25, 0.3) is 0 Å². The summed E-state index contributed by atoms with van der Waals surface area (Å²) in [5.41, 5.74) is 0. The molecule has 2 unspecified atom stereocenters. The van der Waals surface area contributed by atoms with Gasteiger partial charge in [-0.3, -0.25) is 9.69 Å². The van der Waals surface area contributed by atoms with E-state index >= 15 is 0 Å². The van der Waals surface area contributed by atoms with Crippen LogP contribution in [0.25, 0.3) is 0 Å². The Morgan fingerprint density at radius 2 is 2.27 bits per heavy atom. The molecule has 15 heavy (non-hydrogen) atoms. The Labute approximate surface area is 88.8 Å². The van der Waals surface area contributed by atoms with Gasteiger partial charge in [0.05, 0.1) is 25.2 Å². The van der Waals surface area contributed by atoms with Gasteiger partial charge in [-0.15, -0.1) is 0 Å². The van der Waals surface area contributed by atoms with Crippen molar-refractivity contribution in [2.75, 3.05) is 19.8 Å². The summed E-state index contributed by atoms with van der Waals surface area (Å²) in [6.45, 7) is 3.45. The molecule has 2 rings (SSSR count). The van der Waals surface area contributed by atoms with Crippen LogP contribution < -0.4 is 5.32 Å². The molecule has 2 heterocycles. The number of carbonyl (C=O) groups excluding carboxylic acids is 2. The van der Waals surface area contributed by atoms with Crippen LogP contribution in [0.3, 0.4) is 0 Å². The number of hydrogen-bond donors (Lipinski definition) is 1. The van der Waals surface area contributed by atoms with E-state index in [0.717, 1.165) is 12.8 Å². The molecule has 0 aromatic rings. The predicted molar refractivity (Wildman–Crippen MR) is 53.2 cm³/mol. The van der Waals surface area contributed by atoms with Gasteiger partial charge in [0, 0.05) is 6.54 Å². The largest absolute Gasteiger partial charge is 0.378 e. The number of amides is 3. The summed E-state index contributed by atoms with van der Waals surface area (Å²) in [5.74, 6) is -0.241. The Morgan fingerprint density at radius 3 is 3.00 bits per heavy atom. The fourth-order valence-electron chi connectivity index (χ4n) is 2.00. The van der Waals surface area contributed by atoms with Crippen LogP contribution in [0.1, 0.15) is 19.8 Å². The quantitative estimate of drug-likeness (QED) is 0.734. The van der Waals surface area contributed by atoms with E-state index < -0.39 is 0 Å². The number of urea groups is 1. The standard InChI is InChI=1S/C10H16N2O3/c1-2-3-4-12-9(13)7-5-15-6-8(7)11-10(12)14/h7-8H,2-6H2,1H3,(H,11,14). The zero-order valence-corrected chi connectivity index (χ0v) is 8.86. The first-order valence-electron chi connectivity index (χ1n) is 5.43. The van der Waals surface area contributed by atoms with Gasteiger partial charge in [-0.05, 0) is 6.42 Å². The summed E-state index contributed by atoms with van der Waals surface area (Å²) in [7, 11) is 0. The minimum absolute atomic E-state index is 0.0744. The number of imide groups is 1. The maximum atomic E-state index is 11.9. The van der Waals surface area contributed by atoms with E-state index in [4.69, 9.17) is 4.74 Å². The van der Waals surface area contributed by atoms with Crippen molar-refractivity contribution in [3.05, 3.63) is 0 Å². The fraction of sp³-hybridized carbons (Fsp3) is 0.800. The molecule has 2 aliphatic heterocycles. The molecule has 5 nitrogen and oxygen atoms in total. The minimum atomic E-state index is -0.264. The number of carbonyl (C=O) groups is 2. The van der Waals surface area contributed by atoms with E-state index in [0.29, 0.717) is 19.8 Å². The molecular formula is C10H16N2O3. The highest BCUT2D eigenvalue weighted by Crippen LogP contribution is 2.21. The van der Waals surface area contributed by atoms with Crippen LogP contribution >= 0.6 is 0 Å².